The summed E-state index contributed by atoms with van der Waals surface area (Å²) in [6.07, 6.45) is 5.59. The molecule has 1 unspecified atom stereocenters. The van der Waals surface area contributed by atoms with E-state index in [-0.39, 0.29) is 6.04 Å². The second-order valence-electron chi connectivity index (χ2n) is 5.70. The lowest BCUT2D eigenvalue weighted by atomic mass is 10.0. The van der Waals surface area contributed by atoms with Gasteiger partial charge in [0.05, 0.1) is 6.04 Å². The Balaban J connectivity index is 1.53. The van der Waals surface area contributed by atoms with Gasteiger partial charge in [0.15, 0.2) is 0 Å². The molecule has 1 saturated heterocycles. The molecule has 0 radical (unpaired) electrons. The fourth-order valence-electron chi connectivity index (χ4n) is 2.76. The van der Waals surface area contributed by atoms with E-state index in [0.717, 1.165) is 32.4 Å². The van der Waals surface area contributed by atoms with Crippen molar-refractivity contribution in [1.82, 2.24) is 10.2 Å². The van der Waals surface area contributed by atoms with Crippen molar-refractivity contribution in [2.75, 3.05) is 13.1 Å². The monoisotopic (exact) mass is 258 g/mol. The van der Waals surface area contributed by atoms with Crippen molar-refractivity contribution in [2.45, 2.75) is 44.2 Å². The van der Waals surface area contributed by atoms with E-state index in [1.807, 2.05) is 11.0 Å². The SMILES string of the molecule is O=C1C(NC2CC2)CCCN1CCc1ccccc1. The Kier molecular flexibility index (Phi) is 3.83. The van der Waals surface area contributed by atoms with E-state index in [1.54, 1.807) is 0 Å². The number of carbonyl (C=O) groups excluding carboxylic acids is 1. The van der Waals surface area contributed by atoms with Gasteiger partial charge in [-0.05, 0) is 37.7 Å². The predicted molar refractivity (Wildman–Crippen MR) is 75.9 cm³/mol. The third-order valence-electron chi connectivity index (χ3n) is 4.06. The Labute approximate surface area is 115 Å². The van der Waals surface area contributed by atoms with Crippen LogP contribution in [0, 0.1) is 0 Å². The lowest BCUT2D eigenvalue weighted by Gasteiger charge is -2.33. The van der Waals surface area contributed by atoms with Crippen LogP contribution in [0.2, 0.25) is 0 Å². The van der Waals surface area contributed by atoms with Crippen LogP contribution in [0.1, 0.15) is 31.2 Å². The summed E-state index contributed by atoms with van der Waals surface area (Å²) in [6.45, 7) is 1.78. The Morgan fingerprint density at radius 1 is 1.16 bits per heavy atom. The first-order chi connectivity index (χ1) is 9.33. The van der Waals surface area contributed by atoms with E-state index < -0.39 is 0 Å². The van der Waals surface area contributed by atoms with Gasteiger partial charge in [-0.1, -0.05) is 30.3 Å². The highest BCUT2D eigenvalue weighted by atomic mass is 16.2. The van der Waals surface area contributed by atoms with Gasteiger partial charge in [0.2, 0.25) is 5.91 Å². The number of benzene rings is 1. The molecule has 0 spiro atoms. The van der Waals surface area contributed by atoms with E-state index in [9.17, 15) is 4.79 Å². The number of hydrogen-bond donors (Lipinski definition) is 1. The largest absolute Gasteiger partial charge is 0.341 e. The topological polar surface area (TPSA) is 32.3 Å². The Hall–Kier alpha value is -1.35. The number of nitrogens with zero attached hydrogens (tertiary/aromatic N) is 1. The van der Waals surface area contributed by atoms with E-state index in [0.29, 0.717) is 11.9 Å². The Morgan fingerprint density at radius 2 is 1.95 bits per heavy atom. The normalized spacial score (nSPS) is 23.7. The maximum absolute atomic E-state index is 12.4. The van der Waals surface area contributed by atoms with Gasteiger partial charge < -0.3 is 10.2 Å². The van der Waals surface area contributed by atoms with Crippen molar-refractivity contribution in [1.29, 1.82) is 0 Å². The molecule has 1 N–H and O–H groups in total. The minimum atomic E-state index is 0.0806. The third-order valence-corrected chi connectivity index (χ3v) is 4.06. The lowest BCUT2D eigenvalue weighted by molar-refractivity contribution is -0.136. The maximum Gasteiger partial charge on any atom is 0.239 e. The number of rotatable bonds is 5. The van der Waals surface area contributed by atoms with Gasteiger partial charge in [-0.3, -0.25) is 4.79 Å². The van der Waals surface area contributed by atoms with Crippen molar-refractivity contribution >= 4 is 5.91 Å². The van der Waals surface area contributed by atoms with Gasteiger partial charge in [0.1, 0.15) is 0 Å². The molecular formula is C16H22N2O. The summed E-state index contributed by atoms with van der Waals surface area (Å²) in [4.78, 5) is 14.4. The zero-order valence-electron chi connectivity index (χ0n) is 11.3. The van der Waals surface area contributed by atoms with Crippen LogP contribution >= 0.6 is 0 Å². The molecular weight excluding hydrogens is 236 g/mol. The van der Waals surface area contributed by atoms with Crippen molar-refractivity contribution in [2.24, 2.45) is 0 Å². The average molecular weight is 258 g/mol. The standard InChI is InChI=1S/C16H22N2O/c19-16-15(17-14-8-9-14)7-4-11-18(16)12-10-13-5-2-1-3-6-13/h1-3,5-6,14-15,17H,4,7-12H2. The molecule has 3 nitrogen and oxygen atoms in total. The van der Waals surface area contributed by atoms with E-state index in [4.69, 9.17) is 0 Å². The van der Waals surface area contributed by atoms with Crippen LogP contribution in [0.4, 0.5) is 0 Å². The van der Waals surface area contributed by atoms with Crippen LogP contribution in [0.3, 0.4) is 0 Å². The fraction of sp³-hybridized carbons (Fsp3) is 0.562. The number of hydrogen-bond acceptors (Lipinski definition) is 2. The molecule has 1 saturated carbocycles. The number of amides is 1. The summed E-state index contributed by atoms with van der Waals surface area (Å²) in [5.41, 5.74) is 1.31. The minimum absolute atomic E-state index is 0.0806. The highest BCUT2D eigenvalue weighted by Crippen LogP contribution is 2.22. The van der Waals surface area contributed by atoms with Gasteiger partial charge >= 0.3 is 0 Å². The third kappa shape index (κ3) is 3.35. The minimum Gasteiger partial charge on any atom is -0.341 e. The zero-order chi connectivity index (χ0) is 13.1. The van der Waals surface area contributed by atoms with Gasteiger partial charge in [-0.25, -0.2) is 0 Å². The number of likely N-dealkylation sites (tertiary alicyclic amines) is 1. The van der Waals surface area contributed by atoms with Gasteiger partial charge in [0, 0.05) is 19.1 Å². The predicted octanol–water partition coefficient (Wildman–Crippen LogP) is 1.97. The van der Waals surface area contributed by atoms with Crippen molar-refractivity contribution < 1.29 is 4.79 Å². The second kappa shape index (κ2) is 5.74. The first kappa shape index (κ1) is 12.7. The summed E-state index contributed by atoms with van der Waals surface area (Å²) in [5.74, 6) is 0.314. The molecule has 3 heteroatoms. The molecule has 102 valence electrons. The molecule has 1 aromatic rings. The summed E-state index contributed by atoms with van der Waals surface area (Å²) < 4.78 is 0. The molecule has 1 aliphatic carbocycles. The van der Waals surface area contributed by atoms with Gasteiger partial charge in [-0.2, -0.15) is 0 Å². The van der Waals surface area contributed by atoms with Gasteiger partial charge in [-0.15, -0.1) is 0 Å². The summed E-state index contributed by atoms with van der Waals surface area (Å²) >= 11 is 0. The summed E-state index contributed by atoms with van der Waals surface area (Å²) in [6, 6.07) is 11.1. The summed E-state index contributed by atoms with van der Waals surface area (Å²) in [5, 5.41) is 3.48. The molecule has 1 atom stereocenters. The van der Waals surface area contributed by atoms with E-state index >= 15 is 0 Å². The van der Waals surface area contributed by atoms with Crippen molar-refractivity contribution in [3.05, 3.63) is 35.9 Å². The molecule has 3 rings (SSSR count). The highest BCUT2D eigenvalue weighted by molar-refractivity contribution is 5.82. The average Bonchev–Trinajstić information content (AvgIpc) is 3.25. The Bertz CT molecular complexity index is 428. The van der Waals surface area contributed by atoms with Crippen LogP contribution in [-0.2, 0) is 11.2 Å². The van der Waals surface area contributed by atoms with Gasteiger partial charge in [0.25, 0.3) is 0 Å². The number of carbonyl (C=O) groups is 1. The molecule has 1 aromatic carbocycles. The van der Waals surface area contributed by atoms with Crippen LogP contribution < -0.4 is 5.32 Å². The highest BCUT2D eigenvalue weighted by Gasteiger charge is 2.32. The molecule has 1 aliphatic heterocycles. The van der Waals surface area contributed by atoms with E-state index in [2.05, 4.69) is 29.6 Å². The lowest BCUT2D eigenvalue weighted by Crippen LogP contribution is -2.51. The molecule has 0 bridgehead atoms. The molecule has 1 amide bonds. The first-order valence-electron chi connectivity index (χ1n) is 7.42. The van der Waals surface area contributed by atoms with Crippen LogP contribution in [0.15, 0.2) is 30.3 Å². The molecule has 1 heterocycles. The van der Waals surface area contributed by atoms with E-state index in [1.165, 1.54) is 18.4 Å². The second-order valence-corrected chi connectivity index (χ2v) is 5.70. The molecule has 2 aliphatic rings. The first-order valence-corrected chi connectivity index (χ1v) is 7.42. The fourth-order valence-corrected chi connectivity index (χ4v) is 2.76. The van der Waals surface area contributed by atoms with Crippen LogP contribution in [0.25, 0.3) is 0 Å². The molecule has 2 fully saturated rings. The molecule has 19 heavy (non-hydrogen) atoms. The number of piperidine rings is 1. The Morgan fingerprint density at radius 3 is 2.68 bits per heavy atom. The van der Waals surface area contributed by atoms with Crippen molar-refractivity contribution in [3.63, 3.8) is 0 Å². The quantitative estimate of drug-likeness (QED) is 0.876. The smallest absolute Gasteiger partial charge is 0.239 e. The van der Waals surface area contributed by atoms with Crippen LogP contribution in [0.5, 0.6) is 0 Å². The van der Waals surface area contributed by atoms with Crippen LogP contribution in [-0.4, -0.2) is 36.0 Å². The zero-order valence-corrected chi connectivity index (χ0v) is 11.3. The molecule has 0 aromatic heterocycles. The summed E-state index contributed by atoms with van der Waals surface area (Å²) in [7, 11) is 0. The maximum atomic E-state index is 12.4. The van der Waals surface area contributed by atoms with Crippen molar-refractivity contribution in [3.8, 4) is 0 Å². The number of nitrogens with one attached hydrogen (secondary N) is 1.